The molecule has 5 heteroatoms. The number of para-hydroxylation sites is 1. The number of allylic oxidation sites excluding steroid dienone is 4. The van der Waals surface area contributed by atoms with E-state index in [9.17, 15) is 0 Å². The third-order valence-electron chi connectivity index (χ3n) is 10.2. The third-order valence-corrected chi connectivity index (χ3v) is 10.2. The first-order valence-corrected chi connectivity index (χ1v) is 18.3. The summed E-state index contributed by atoms with van der Waals surface area (Å²) in [6.07, 6.45) is 8.76. The number of anilines is 3. The molecule has 0 fully saturated rings. The van der Waals surface area contributed by atoms with Crippen molar-refractivity contribution in [3.05, 3.63) is 188 Å². The van der Waals surface area contributed by atoms with Gasteiger partial charge < -0.3 is 9.32 Å². The van der Waals surface area contributed by atoms with E-state index in [-0.39, 0.29) is 0 Å². The van der Waals surface area contributed by atoms with Crippen molar-refractivity contribution in [3.8, 4) is 34.2 Å². The van der Waals surface area contributed by atoms with Crippen LogP contribution in [0.4, 0.5) is 17.1 Å². The summed E-state index contributed by atoms with van der Waals surface area (Å²) >= 11 is 0. The Kier molecular flexibility index (Phi) is 7.88. The van der Waals surface area contributed by atoms with Gasteiger partial charge in [-0.05, 0) is 95.4 Å². The minimum atomic E-state index is 0.591. The van der Waals surface area contributed by atoms with Crippen molar-refractivity contribution >= 4 is 55.3 Å². The Morgan fingerprint density at radius 3 is 1.83 bits per heavy atom. The lowest BCUT2D eigenvalue weighted by atomic mass is 9.97. The fraction of sp³-hybridized carbons (Fsp3) is 0.0408. The first-order chi connectivity index (χ1) is 26.7. The smallest absolute Gasteiger partial charge is 0.164 e. The molecule has 256 valence electrons. The molecule has 0 atom stereocenters. The highest BCUT2D eigenvalue weighted by molar-refractivity contribution is 6.07. The zero-order valence-electron chi connectivity index (χ0n) is 29.4. The molecule has 7 aromatic carbocycles. The Morgan fingerprint density at radius 1 is 0.444 bits per heavy atom. The Balaban J connectivity index is 1.06. The SMILES string of the molecule is C1=CCCC(c2ccc(N(c3ccccc3)c3ccc4oc5cc(-c6nc(-c7ccccc7)nc(-c7ccc8ccccc8c7)n6)ccc5c4c3)cc2)=C1. The van der Waals surface area contributed by atoms with Crippen molar-refractivity contribution in [3.63, 3.8) is 0 Å². The molecule has 0 spiro atoms. The van der Waals surface area contributed by atoms with Crippen molar-refractivity contribution in [2.45, 2.75) is 12.8 Å². The van der Waals surface area contributed by atoms with Crippen molar-refractivity contribution in [1.29, 1.82) is 0 Å². The van der Waals surface area contributed by atoms with Crippen LogP contribution in [0.3, 0.4) is 0 Å². The van der Waals surface area contributed by atoms with Crippen LogP contribution in [0.25, 0.3) is 72.4 Å². The Bertz CT molecular complexity index is 2870. The third kappa shape index (κ3) is 5.92. The number of benzene rings is 7. The van der Waals surface area contributed by atoms with E-state index in [1.807, 2.05) is 36.4 Å². The molecule has 10 rings (SSSR count). The normalized spacial score (nSPS) is 12.7. The van der Waals surface area contributed by atoms with E-state index in [4.69, 9.17) is 19.4 Å². The summed E-state index contributed by atoms with van der Waals surface area (Å²) < 4.78 is 6.52. The van der Waals surface area contributed by atoms with Gasteiger partial charge in [0.05, 0.1) is 0 Å². The lowest BCUT2D eigenvalue weighted by molar-refractivity contribution is 0.669. The molecule has 5 nitrogen and oxygen atoms in total. The Labute approximate surface area is 313 Å². The molecule has 2 aromatic heterocycles. The lowest BCUT2D eigenvalue weighted by Gasteiger charge is -2.26. The van der Waals surface area contributed by atoms with Gasteiger partial charge in [-0.25, -0.2) is 15.0 Å². The molecule has 54 heavy (non-hydrogen) atoms. The summed E-state index contributed by atoms with van der Waals surface area (Å²) in [6.45, 7) is 0. The fourth-order valence-corrected chi connectivity index (χ4v) is 7.41. The number of hydrogen-bond acceptors (Lipinski definition) is 5. The zero-order chi connectivity index (χ0) is 35.8. The molecule has 0 saturated carbocycles. The van der Waals surface area contributed by atoms with Gasteiger partial charge in [0, 0.05) is 44.5 Å². The largest absolute Gasteiger partial charge is 0.456 e. The zero-order valence-corrected chi connectivity index (χ0v) is 29.4. The molecule has 0 unspecified atom stereocenters. The highest BCUT2D eigenvalue weighted by Crippen LogP contribution is 2.40. The maximum absolute atomic E-state index is 6.52. The molecule has 0 aliphatic heterocycles. The molecule has 0 saturated heterocycles. The Morgan fingerprint density at radius 2 is 1.07 bits per heavy atom. The number of nitrogens with zero attached hydrogens (tertiary/aromatic N) is 4. The first kappa shape index (κ1) is 31.6. The second kappa shape index (κ2) is 13.5. The monoisotopic (exact) mass is 694 g/mol. The van der Waals surface area contributed by atoms with Crippen LogP contribution in [-0.4, -0.2) is 15.0 Å². The minimum Gasteiger partial charge on any atom is -0.456 e. The van der Waals surface area contributed by atoms with E-state index >= 15 is 0 Å². The van der Waals surface area contributed by atoms with Gasteiger partial charge in [-0.2, -0.15) is 0 Å². The number of rotatable bonds is 7. The summed E-state index contributed by atoms with van der Waals surface area (Å²) in [5.41, 5.74) is 10.2. The predicted molar refractivity (Wildman–Crippen MR) is 222 cm³/mol. The molecule has 2 heterocycles. The molecule has 0 radical (unpaired) electrons. The maximum atomic E-state index is 6.52. The molecular weight excluding hydrogens is 661 g/mol. The number of hydrogen-bond donors (Lipinski definition) is 0. The average Bonchev–Trinajstić information content (AvgIpc) is 3.62. The summed E-state index contributed by atoms with van der Waals surface area (Å²) in [6, 6.07) is 56.8. The first-order valence-electron chi connectivity index (χ1n) is 18.3. The van der Waals surface area contributed by atoms with Crippen molar-refractivity contribution in [2.24, 2.45) is 0 Å². The molecule has 0 N–H and O–H groups in total. The highest BCUT2D eigenvalue weighted by Gasteiger charge is 2.18. The van der Waals surface area contributed by atoms with Gasteiger partial charge >= 0.3 is 0 Å². The van der Waals surface area contributed by atoms with E-state index in [1.54, 1.807) is 0 Å². The average molecular weight is 695 g/mol. The highest BCUT2D eigenvalue weighted by atomic mass is 16.3. The van der Waals surface area contributed by atoms with E-state index in [0.717, 1.165) is 73.9 Å². The molecular formula is C49H34N4O. The van der Waals surface area contributed by atoms with Crippen LogP contribution in [-0.2, 0) is 0 Å². The van der Waals surface area contributed by atoms with E-state index in [0.29, 0.717) is 17.5 Å². The van der Waals surface area contributed by atoms with E-state index < -0.39 is 0 Å². The van der Waals surface area contributed by atoms with Crippen molar-refractivity contribution < 1.29 is 4.42 Å². The van der Waals surface area contributed by atoms with Gasteiger partial charge in [-0.3, -0.25) is 0 Å². The van der Waals surface area contributed by atoms with Gasteiger partial charge in [-0.1, -0.05) is 121 Å². The summed E-state index contributed by atoms with van der Waals surface area (Å²) in [5, 5.41) is 4.39. The Hall–Kier alpha value is -7.11. The van der Waals surface area contributed by atoms with Crippen LogP contribution < -0.4 is 4.90 Å². The van der Waals surface area contributed by atoms with Gasteiger partial charge in [0.1, 0.15) is 11.2 Å². The summed E-state index contributed by atoms with van der Waals surface area (Å²) in [5.74, 6) is 1.84. The molecule has 0 amide bonds. The van der Waals surface area contributed by atoms with Crippen LogP contribution in [0.1, 0.15) is 18.4 Å². The summed E-state index contributed by atoms with van der Waals surface area (Å²) in [7, 11) is 0. The molecule has 1 aliphatic rings. The van der Waals surface area contributed by atoms with Crippen LogP contribution >= 0.6 is 0 Å². The van der Waals surface area contributed by atoms with Gasteiger partial charge in [0.15, 0.2) is 17.5 Å². The quantitative estimate of drug-likeness (QED) is 0.166. The summed E-state index contributed by atoms with van der Waals surface area (Å²) in [4.78, 5) is 17.3. The van der Waals surface area contributed by atoms with Gasteiger partial charge in [0.2, 0.25) is 0 Å². The minimum absolute atomic E-state index is 0.591. The number of aromatic nitrogens is 3. The second-order valence-electron chi connectivity index (χ2n) is 13.6. The van der Waals surface area contributed by atoms with Crippen LogP contribution in [0.15, 0.2) is 186 Å². The number of fused-ring (bicyclic) bond motifs is 4. The van der Waals surface area contributed by atoms with Crippen LogP contribution in [0.5, 0.6) is 0 Å². The molecule has 0 bridgehead atoms. The number of furan rings is 1. The van der Waals surface area contributed by atoms with E-state index in [1.165, 1.54) is 16.5 Å². The van der Waals surface area contributed by atoms with Gasteiger partial charge in [-0.15, -0.1) is 0 Å². The van der Waals surface area contributed by atoms with Crippen LogP contribution in [0, 0.1) is 0 Å². The van der Waals surface area contributed by atoms with E-state index in [2.05, 4.69) is 151 Å². The van der Waals surface area contributed by atoms with Gasteiger partial charge in [0.25, 0.3) is 0 Å². The van der Waals surface area contributed by atoms with Crippen LogP contribution in [0.2, 0.25) is 0 Å². The topological polar surface area (TPSA) is 55.1 Å². The predicted octanol–water partition coefficient (Wildman–Crippen LogP) is 13.1. The standard InChI is InChI=1S/C49H34N4O/c1-4-12-33(13-5-1)35-22-25-41(26-23-35)53(40-18-8-3-9-19-40)42-27-29-45-44(32-42)43-28-24-39(31-46(43)54-45)49-51-47(36-15-6-2-7-16-36)50-48(52-49)38-21-20-34-14-10-11-17-37(34)30-38/h1-4,6-12,14-32H,5,13H2. The molecule has 9 aromatic rings. The molecule has 1 aliphatic carbocycles. The maximum Gasteiger partial charge on any atom is 0.164 e. The fourth-order valence-electron chi connectivity index (χ4n) is 7.41. The van der Waals surface area contributed by atoms with Crippen molar-refractivity contribution in [1.82, 2.24) is 15.0 Å². The van der Waals surface area contributed by atoms with Crippen molar-refractivity contribution in [2.75, 3.05) is 4.90 Å². The lowest BCUT2D eigenvalue weighted by Crippen LogP contribution is -2.09. The second-order valence-corrected chi connectivity index (χ2v) is 13.6.